The average Bonchev–Trinajstić information content (AvgIpc) is 2.61. The number of carbonyl (C=O) groups excluding carboxylic acids is 1. The van der Waals surface area contributed by atoms with Crippen molar-refractivity contribution in [2.24, 2.45) is 0 Å². The standard InChI is InChI=1S/C21H23N3O2S/c1-14(18(25)23-21(2,3)4)27-20-22-17-13-9-8-12-16(17)19(26)24(20)15-10-6-5-7-11-15/h5-14H,1-4H3,(H,23,25). The normalized spacial score (nSPS) is 12.7. The fourth-order valence-electron chi connectivity index (χ4n) is 2.68. The van der Waals surface area contributed by atoms with E-state index in [9.17, 15) is 9.59 Å². The minimum atomic E-state index is -0.396. The topological polar surface area (TPSA) is 64.0 Å². The molecule has 1 amide bonds. The SMILES string of the molecule is CC(Sc1nc2ccccc2c(=O)n1-c1ccccc1)C(=O)NC(C)(C)C. The highest BCUT2D eigenvalue weighted by Crippen LogP contribution is 2.25. The summed E-state index contributed by atoms with van der Waals surface area (Å²) in [6.45, 7) is 7.64. The molecule has 3 aromatic rings. The molecule has 1 N–H and O–H groups in total. The van der Waals surface area contributed by atoms with Gasteiger partial charge >= 0.3 is 0 Å². The number of thioether (sulfide) groups is 1. The third-order valence-corrected chi connectivity index (χ3v) is 4.96. The second kappa shape index (κ2) is 7.56. The molecule has 0 saturated heterocycles. The lowest BCUT2D eigenvalue weighted by atomic mass is 10.1. The number of amides is 1. The molecule has 0 bridgehead atoms. The van der Waals surface area contributed by atoms with E-state index in [1.165, 1.54) is 11.8 Å². The summed E-state index contributed by atoms with van der Waals surface area (Å²) < 4.78 is 1.58. The van der Waals surface area contributed by atoms with Gasteiger partial charge in [0.2, 0.25) is 5.91 Å². The van der Waals surface area contributed by atoms with Gasteiger partial charge in [-0.25, -0.2) is 4.98 Å². The predicted molar refractivity (Wildman–Crippen MR) is 111 cm³/mol. The number of fused-ring (bicyclic) bond motifs is 1. The molecule has 6 heteroatoms. The lowest BCUT2D eigenvalue weighted by Crippen LogP contribution is -2.44. The van der Waals surface area contributed by atoms with E-state index in [1.807, 2.05) is 76.2 Å². The smallest absolute Gasteiger partial charge is 0.266 e. The van der Waals surface area contributed by atoms with Crippen molar-refractivity contribution in [1.29, 1.82) is 0 Å². The maximum absolute atomic E-state index is 13.1. The van der Waals surface area contributed by atoms with Gasteiger partial charge in [-0.2, -0.15) is 0 Å². The van der Waals surface area contributed by atoms with Crippen LogP contribution in [0.25, 0.3) is 16.6 Å². The number of hydrogen-bond donors (Lipinski definition) is 1. The minimum Gasteiger partial charge on any atom is -0.351 e. The quantitative estimate of drug-likeness (QED) is 0.552. The van der Waals surface area contributed by atoms with Crippen LogP contribution in [0.3, 0.4) is 0 Å². The van der Waals surface area contributed by atoms with Crippen molar-refractivity contribution in [2.45, 2.75) is 43.6 Å². The predicted octanol–water partition coefficient (Wildman–Crippen LogP) is 3.78. The van der Waals surface area contributed by atoms with Crippen LogP contribution in [-0.4, -0.2) is 26.2 Å². The average molecular weight is 382 g/mol. The van der Waals surface area contributed by atoms with Crippen LogP contribution in [0.15, 0.2) is 64.5 Å². The fraction of sp³-hybridized carbons (Fsp3) is 0.286. The van der Waals surface area contributed by atoms with Gasteiger partial charge in [0.05, 0.1) is 21.8 Å². The summed E-state index contributed by atoms with van der Waals surface area (Å²) in [5, 5.41) is 3.63. The molecule has 3 rings (SSSR count). The zero-order chi connectivity index (χ0) is 19.6. The molecule has 27 heavy (non-hydrogen) atoms. The Bertz CT molecular complexity index is 1020. The number of benzene rings is 2. The molecule has 2 aromatic carbocycles. The number of hydrogen-bond acceptors (Lipinski definition) is 4. The maximum atomic E-state index is 13.1. The molecule has 140 valence electrons. The van der Waals surface area contributed by atoms with Gasteiger partial charge in [-0.3, -0.25) is 14.2 Å². The van der Waals surface area contributed by atoms with Crippen molar-refractivity contribution in [3.63, 3.8) is 0 Å². The van der Waals surface area contributed by atoms with Gasteiger partial charge in [-0.1, -0.05) is 42.1 Å². The first-order valence-corrected chi connectivity index (χ1v) is 9.70. The van der Waals surface area contributed by atoms with Gasteiger partial charge < -0.3 is 5.32 Å². The summed E-state index contributed by atoms with van der Waals surface area (Å²) in [6.07, 6.45) is 0. The third-order valence-electron chi connectivity index (χ3n) is 3.91. The molecule has 0 aliphatic heterocycles. The van der Waals surface area contributed by atoms with Crippen LogP contribution in [0.2, 0.25) is 0 Å². The Balaban J connectivity index is 2.08. The Kier molecular flexibility index (Phi) is 5.37. The molecule has 1 heterocycles. The number of carbonyl (C=O) groups is 1. The van der Waals surface area contributed by atoms with Crippen LogP contribution in [0.5, 0.6) is 0 Å². The van der Waals surface area contributed by atoms with Crippen molar-refractivity contribution in [3.05, 3.63) is 65.0 Å². The van der Waals surface area contributed by atoms with Crippen molar-refractivity contribution >= 4 is 28.6 Å². The van der Waals surface area contributed by atoms with Crippen molar-refractivity contribution < 1.29 is 4.79 Å². The Morgan fingerprint density at radius 1 is 1.07 bits per heavy atom. The van der Waals surface area contributed by atoms with E-state index in [-0.39, 0.29) is 17.0 Å². The van der Waals surface area contributed by atoms with Gasteiger partial charge in [-0.15, -0.1) is 0 Å². The van der Waals surface area contributed by atoms with Crippen molar-refractivity contribution in [3.8, 4) is 5.69 Å². The first kappa shape index (κ1) is 19.2. The summed E-state index contributed by atoms with van der Waals surface area (Å²) in [4.78, 5) is 30.3. The second-order valence-electron chi connectivity index (χ2n) is 7.39. The van der Waals surface area contributed by atoms with E-state index in [0.29, 0.717) is 16.1 Å². The van der Waals surface area contributed by atoms with E-state index < -0.39 is 5.25 Å². The van der Waals surface area contributed by atoms with E-state index in [2.05, 4.69) is 10.3 Å². The zero-order valence-corrected chi connectivity index (χ0v) is 16.7. The number of nitrogens with one attached hydrogen (secondary N) is 1. The van der Waals surface area contributed by atoms with Gasteiger partial charge in [0, 0.05) is 5.54 Å². The summed E-state index contributed by atoms with van der Waals surface area (Å²) >= 11 is 1.28. The molecular weight excluding hydrogens is 358 g/mol. The van der Waals surface area contributed by atoms with Crippen molar-refractivity contribution in [1.82, 2.24) is 14.9 Å². The van der Waals surface area contributed by atoms with Gasteiger partial charge in [0.1, 0.15) is 0 Å². The van der Waals surface area contributed by atoms with Gasteiger partial charge in [-0.05, 0) is 52.0 Å². The minimum absolute atomic E-state index is 0.0884. The fourth-order valence-corrected chi connectivity index (χ4v) is 3.61. The number of rotatable bonds is 4. The highest BCUT2D eigenvalue weighted by molar-refractivity contribution is 8.00. The largest absolute Gasteiger partial charge is 0.351 e. The molecule has 1 unspecified atom stereocenters. The molecule has 0 aliphatic carbocycles. The van der Waals surface area contributed by atoms with Crippen LogP contribution in [-0.2, 0) is 4.79 Å². The zero-order valence-electron chi connectivity index (χ0n) is 15.9. The Morgan fingerprint density at radius 3 is 2.37 bits per heavy atom. The van der Waals surface area contributed by atoms with E-state index >= 15 is 0 Å². The molecule has 0 aliphatic rings. The molecule has 0 radical (unpaired) electrons. The van der Waals surface area contributed by atoms with Crippen molar-refractivity contribution in [2.75, 3.05) is 0 Å². The van der Waals surface area contributed by atoms with Crippen LogP contribution in [0.1, 0.15) is 27.7 Å². The lowest BCUT2D eigenvalue weighted by Gasteiger charge is -2.23. The van der Waals surface area contributed by atoms with E-state index in [4.69, 9.17) is 0 Å². The molecule has 0 fully saturated rings. The maximum Gasteiger partial charge on any atom is 0.266 e. The molecule has 1 aromatic heterocycles. The van der Waals surface area contributed by atoms with Gasteiger partial charge in [0.15, 0.2) is 5.16 Å². The highest BCUT2D eigenvalue weighted by Gasteiger charge is 2.23. The summed E-state index contributed by atoms with van der Waals surface area (Å²) in [6, 6.07) is 16.6. The van der Waals surface area contributed by atoms with E-state index in [1.54, 1.807) is 10.6 Å². The summed E-state index contributed by atoms with van der Waals surface area (Å²) in [7, 11) is 0. The highest BCUT2D eigenvalue weighted by atomic mass is 32.2. The monoisotopic (exact) mass is 381 g/mol. The Hall–Kier alpha value is -2.60. The first-order chi connectivity index (χ1) is 12.8. The number of nitrogens with zero attached hydrogens (tertiary/aromatic N) is 2. The molecule has 0 spiro atoms. The number of aromatic nitrogens is 2. The summed E-state index contributed by atoms with van der Waals surface area (Å²) in [5.41, 5.74) is 0.895. The van der Waals surface area contributed by atoms with Crippen LogP contribution in [0, 0.1) is 0 Å². The molecule has 1 atom stereocenters. The first-order valence-electron chi connectivity index (χ1n) is 8.82. The van der Waals surface area contributed by atoms with Gasteiger partial charge in [0.25, 0.3) is 5.56 Å². The molecule has 5 nitrogen and oxygen atoms in total. The number of para-hydroxylation sites is 2. The molecule has 0 saturated carbocycles. The van der Waals surface area contributed by atoms with E-state index in [0.717, 1.165) is 5.69 Å². The third kappa shape index (κ3) is 4.39. The van der Waals surface area contributed by atoms with Crippen LogP contribution >= 0.6 is 11.8 Å². The Morgan fingerprint density at radius 2 is 1.70 bits per heavy atom. The lowest BCUT2D eigenvalue weighted by molar-refractivity contribution is -0.121. The second-order valence-corrected chi connectivity index (χ2v) is 8.69. The Labute approximate surface area is 162 Å². The summed E-state index contributed by atoms with van der Waals surface area (Å²) in [5.74, 6) is -0.0884. The molecular formula is C21H23N3O2S. The van der Waals surface area contributed by atoms with Crippen LogP contribution < -0.4 is 10.9 Å². The van der Waals surface area contributed by atoms with Crippen LogP contribution in [0.4, 0.5) is 0 Å².